The molecule has 188 valence electrons. The highest BCUT2D eigenvalue weighted by atomic mass is 16.5. The third-order valence-electron chi connectivity index (χ3n) is 5.54. The van der Waals surface area contributed by atoms with E-state index in [9.17, 15) is 4.79 Å². The van der Waals surface area contributed by atoms with Crippen molar-refractivity contribution in [3.05, 3.63) is 47.7 Å². The van der Waals surface area contributed by atoms with Gasteiger partial charge in [-0.3, -0.25) is 14.9 Å². The number of hydrogen-bond acceptors (Lipinski definition) is 9. The lowest BCUT2D eigenvalue weighted by Crippen LogP contribution is -2.17. The predicted molar refractivity (Wildman–Crippen MR) is 133 cm³/mol. The summed E-state index contributed by atoms with van der Waals surface area (Å²) < 4.78 is 22.6. The van der Waals surface area contributed by atoms with Crippen LogP contribution in [0, 0.1) is 6.92 Å². The Kier molecular flexibility index (Phi) is 7.47. The zero-order valence-corrected chi connectivity index (χ0v) is 20.8. The fourth-order valence-electron chi connectivity index (χ4n) is 3.80. The van der Waals surface area contributed by atoms with E-state index in [1.165, 1.54) is 19.6 Å². The minimum absolute atomic E-state index is 0.00631. The van der Waals surface area contributed by atoms with E-state index in [4.69, 9.17) is 18.9 Å². The standard InChI is InChI=1S/C25H28N6O5/c1-6-16-14(3)30-31-24(16)29-23(32)11-19-20(33-4)8-15(12-26-19)36-25-17-9-21(34-5)22(35-7-2)10-18(17)27-13-28-25/h8-10,12-13H,6-7,11H2,1-5H3,(H2,29,30,31,32). The number of methoxy groups -OCH3 is 2. The number of aromatic nitrogens is 5. The van der Waals surface area contributed by atoms with Gasteiger partial charge in [0.15, 0.2) is 23.1 Å². The maximum atomic E-state index is 12.7. The summed E-state index contributed by atoms with van der Waals surface area (Å²) in [4.78, 5) is 25.6. The number of carbonyl (C=O) groups is 1. The van der Waals surface area contributed by atoms with Gasteiger partial charge in [-0.1, -0.05) is 6.92 Å². The molecule has 0 bridgehead atoms. The largest absolute Gasteiger partial charge is 0.495 e. The minimum atomic E-state index is -0.255. The first kappa shape index (κ1) is 24.7. The molecule has 0 atom stereocenters. The first-order valence-electron chi connectivity index (χ1n) is 11.5. The third kappa shape index (κ3) is 5.14. The Morgan fingerprint density at radius 3 is 2.56 bits per heavy atom. The molecule has 0 unspecified atom stereocenters. The smallest absolute Gasteiger partial charge is 0.231 e. The Morgan fingerprint density at radius 2 is 1.83 bits per heavy atom. The Balaban J connectivity index is 1.55. The molecule has 1 aromatic carbocycles. The van der Waals surface area contributed by atoms with E-state index < -0.39 is 0 Å². The number of hydrogen-bond donors (Lipinski definition) is 2. The van der Waals surface area contributed by atoms with Crippen molar-refractivity contribution < 1.29 is 23.7 Å². The zero-order chi connectivity index (χ0) is 25.7. The Bertz CT molecular complexity index is 1390. The Hall–Kier alpha value is -4.41. The summed E-state index contributed by atoms with van der Waals surface area (Å²) in [5.41, 5.74) is 2.99. The van der Waals surface area contributed by atoms with E-state index in [0.29, 0.717) is 57.9 Å². The molecule has 3 heterocycles. The van der Waals surface area contributed by atoms with Crippen molar-refractivity contribution in [2.75, 3.05) is 26.1 Å². The lowest BCUT2D eigenvalue weighted by molar-refractivity contribution is -0.115. The number of carbonyl (C=O) groups excluding carboxylic acids is 1. The van der Waals surface area contributed by atoms with Gasteiger partial charge in [0.2, 0.25) is 11.8 Å². The summed E-state index contributed by atoms with van der Waals surface area (Å²) in [6.07, 6.45) is 3.68. The van der Waals surface area contributed by atoms with Gasteiger partial charge in [0.25, 0.3) is 0 Å². The molecule has 0 saturated heterocycles. The molecule has 0 radical (unpaired) electrons. The number of aryl methyl sites for hydroxylation is 1. The topological polar surface area (TPSA) is 133 Å². The molecular weight excluding hydrogens is 464 g/mol. The van der Waals surface area contributed by atoms with E-state index in [0.717, 1.165) is 17.7 Å². The summed E-state index contributed by atoms with van der Waals surface area (Å²) in [6, 6.07) is 5.20. The van der Waals surface area contributed by atoms with Crippen LogP contribution < -0.4 is 24.3 Å². The van der Waals surface area contributed by atoms with Crippen molar-refractivity contribution in [2.24, 2.45) is 0 Å². The van der Waals surface area contributed by atoms with Gasteiger partial charge in [0.05, 0.1) is 50.0 Å². The molecule has 36 heavy (non-hydrogen) atoms. The highest BCUT2D eigenvalue weighted by Gasteiger charge is 2.17. The normalized spacial score (nSPS) is 10.8. The first-order chi connectivity index (χ1) is 17.5. The number of rotatable bonds is 10. The van der Waals surface area contributed by atoms with Crippen LogP contribution in [-0.4, -0.2) is 51.9 Å². The van der Waals surface area contributed by atoms with Gasteiger partial charge in [-0.25, -0.2) is 9.97 Å². The molecular formula is C25H28N6O5. The van der Waals surface area contributed by atoms with Crippen LogP contribution in [0.4, 0.5) is 5.82 Å². The van der Waals surface area contributed by atoms with Crippen LogP contribution in [0.5, 0.6) is 28.9 Å². The van der Waals surface area contributed by atoms with Gasteiger partial charge in [-0.2, -0.15) is 5.10 Å². The summed E-state index contributed by atoms with van der Waals surface area (Å²) in [6.45, 7) is 6.31. The van der Waals surface area contributed by atoms with Gasteiger partial charge in [0, 0.05) is 23.4 Å². The average molecular weight is 493 g/mol. The van der Waals surface area contributed by atoms with Crippen LogP contribution >= 0.6 is 0 Å². The van der Waals surface area contributed by atoms with Crippen LogP contribution in [0.1, 0.15) is 30.8 Å². The number of pyridine rings is 1. The van der Waals surface area contributed by atoms with Gasteiger partial charge in [0.1, 0.15) is 12.1 Å². The minimum Gasteiger partial charge on any atom is -0.495 e. The van der Waals surface area contributed by atoms with Crippen LogP contribution in [0.2, 0.25) is 0 Å². The van der Waals surface area contributed by atoms with Gasteiger partial charge >= 0.3 is 0 Å². The Labute approximate surface area is 208 Å². The molecule has 11 heteroatoms. The monoisotopic (exact) mass is 492 g/mol. The first-order valence-corrected chi connectivity index (χ1v) is 11.5. The number of benzene rings is 1. The van der Waals surface area contributed by atoms with Gasteiger partial charge in [-0.05, 0) is 26.3 Å². The summed E-state index contributed by atoms with van der Waals surface area (Å²) in [7, 11) is 3.07. The van der Waals surface area contributed by atoms with Gasteiger partial charge in [-0.15, -0.1) is 0 Å². The number of aromatic amines is 1. The highest BCUT2D eigenvalue weighted by Crippen LogP contribution is 2.36. The fourth-order valence-corrected chi connectivity index (χ4v) is 3.80. The maximum absolute atomic E-state index is 12.7. The molecule has 3 aromatic heterocycles. The van der Waals surface area contributed by atoms with E-state index in [-0.39, 0.29) is 12.3 Å². The van der Waals surface area contributed by atoms with Crippen molar-refractivity contribution in [2.45, 2.75) is 33.6 Å². The van der Waals surface area contributed by atoms with Crippen molar-refractivity contribution in [1.29, 1.82) is 0 Å². The molecule has 0 aliphatic heterocycles. The molecule has 4 aromatic rings. The number of ether oxygens (including phenoxy) is 4. The van der Waals surface area contributed by atoms with E-state index in [1.54, 1.807) is 25.3 Å². The molecule has 4 rings (SSSR count). The SMILES string of the molecule is CCOc1cc2ncnc(Oc3cnc(CC(=O)Nc4n[nH]c(C)c4CC)c(OC)c3)c2cc1OC. The van der Waals surface area contributed by atoms with Crippen LogP contribution in [0.15, 0.2) is 30.7 Å². The Morgan fingerprint density at radius 1 is 1.03 bits per heavy atom. The van der Waals surface area contributed by atoms with Crippen molar-refractivity contribution >= 4 is 22.6 Å². The summed E-state index contributed by atoms with van der Waals surface area (Å²) >= 11 is 0. The molecule has 0 aliphatic rings. The third-order valence-corrected chi connectivity index (χ3v) is 5.54. The molecule has 0 aliphatic carbocycles. The molecule has 2 N–H and O–H groups in total. The average Bonchev–Trinajstić information content (AvgIpc) is 3.23. The lowest BCUT2D eigenvalue weighted by Gasteiger charge is -2.13. The quantitative estimate of drug-likeness (QED) is 0.337. The fraction of sp³-hybridized carbons (Fsp3) is 0.320. The number of H-pyrrole nitrogens is 1. The number of anilines is 1. The molecule has 0 saturated carbocycles. The summed E-state index contributed by atoms with van der Waals surface area (Å²) in [5.74, 6) is 2.51. The molecule has 1 amide bonds. The number of fused-ring (bicyclic) bond motifs is 1. The maximum Gasteiger partial charge on any atom is 0.231 e. The van der Waals surface area contributed by atoms with E-state index in [1.807, 2.05) is 20.8 Å². The second-order valence-electron chi connectivity index (χ2n) is 7.81. The van der Waals surface area contributed by atoms with E-state index >= 15 is 0 Å². The number of nitrogens with one attached hydrogen (secondary N) is 2. The summed E-state index contributed by atoms with van der Waals surface area (Å²) in [5, 5.41) is 10.5. The second kappa shape index (κ2) is 10.9. The highest BCUT2D eigenvalue weighted by molar-refractivity contribution is 5.92. The predicted octanol–water partition coefficient (Wildman–Crippen LogP) is 4.01. The molecule has 0 fully saturated rings. The van der Waals surface area contributed by atoms with E-state index in [2.05, 4.69) is 30.5 Å². The van der Waals surface area contributed by atoms with Crippen LogP contribution in [0.25, 0.3) is 10.9 Å². The molecule has 0 spiro atoms. The van der Waals surface area contributed by atoms with Crippen molar-refractivity contribution in [3.8, 4) is 28.9 Å². The van der Waals surface area contributed by atoms with Crippen LogP contribution in [-0.2, 0) is 17.6 Å². The zero-order valence-electron chi connectivity index (χ0n) is 20.8. The number of nitrogens with zero attached hydrogens (tertiary/aromatic N) is 4. The second-order valence-corrected chi connectivity index (χ2v) is 7.81. The van der Waals surface area contributed by atoms with Crippen molar-refractivity contribution in [1.82, 2.24) is 25.1 Å². The van der Waals surface area contributed by atoms with Crippen LogP contribution in [0.3, 0.4) is 0 Å². The number of amides is 1. The van der Waals surface area contributed by atoms with Crippen molar-refractivity contribution in [3.63, 3.8) is 0 Å². The molecule has 11 nitrogen and oxygen atoms in total. The van der Waals surface area contributed by atoms with Gasteiger partial charge < -0.3 is 24.3 Å². The lowest BCUT2D eigenvalue weighted by atomic mass is 10.2.